The molecule has 1 fully saturated rings. The van der Waals surface area contributed by atoms with Crippen molar-refractivity contribution in [3.8, 4) is 22.8 Å². The van der Waals surface area contributed by atoms with Gasteiger partial charge in [0.1, 0.15) is 29.3 Å². The Labute approximate surface area is 184 Å². The molecule has 4 N–H and O–H groups in total. The van der Waals surface area contributed by atoms with E-state index in [-0.39, 0.29) is 18.0 Å². The van der Waals surface area contributed by atoms with Gasteiger partial charge in [0.05, 0.1) is 17.5 Å². The number of anilines is 1. The van der Waals surface area contributed by atoms with Crippen molar-refractivity contribution in [2.45, 2.75) is 19.0 Å². The van der Waals surface area contributed by atoms with Gasteiger partial charge in [-0.15, -0.1) is 0 Å². The van der Waals surface area contributed by atoms with Crippen LogP contribution >= 0.6 is 0 Å². The number of benzene rings is 2. The van der Waals surface area contributed by atoms with E-state index in [1.165, 1.54) is 6.33 Å². The molecule has 1 atom stereocenters. The van der Waals surface area contributed by atoms with E-state index in [0.717, 1.165) is 17.1 Å². The highest BCUT2D eigenvalue weighted by atomic mass is 16.5. The fourth-order valence-electron chi connectivity index (χ4n) is 3.90. The Morgan fingerprint density at radius 3 is 2.44 bits per heavy atom. The molecular formula is C23H23N7O2. The smallest absolute Gasteiger partial charge is 0.234 e. The highest BCUT2D eigenvalue weighted by molar-refractivity contribution is 5.98. The average molecular weight is 429 g/mol. The van der Waals surface area contributed by atoms with Crippen molar-refractivity contribution >= 4 is 22.8 Å². The first kappa shape index (κ1) is 20.0. The number of aromatic nitrogens is 4. The van der Waals surface area contributed by atoms with Gasteiger partial charge >= 0.3 is 0 Å². The summed E-state index contributed by atoms with van der Waals surface area (Å²) in [7, 11) is 0. The Kier molecular flexibility index (Phi) is 4.95. The number of hydrogen-bond donors (Lipinski definition) is 2. The van der Waals surface area contributed by atoms with E-state index in [2.05, 4.69) is 9.97 Å². The van der Waals surface area contributed by atoms with E-state index in [1.54, 1.807) is 0 Å². The summed E-state index contributed by atoms with van der Waals surface area (Å²) < 4.78 is 7.76. The minimum absolute atomic E-state index is 0.0723. The van der Waals surface area contributed by atoms with Gasteiger partial charge in [-0.25, -0.2) is 14.6 Å². The zero-order valence-corrected chi connectivity index (χ0v) is 17.5. The molecule has 5 rings (SSSR count). The average Bonchev–Trinajstić information content (AvgIpc) is 3.14. The van der Waals surface area contributed by atoms with Gasteiger partial charge in [-0.3, -0.25) is 9.69 Å². The number of amides is 1. The first-order valence-corrected chi connectivity index (χ1v) is 10.4. The zero-order valence-electron chi connectivity index (χ0n) is 17.5. The molecule has 2 aromatic carbocycles. The predicted octanol–water partition coefficient (Wildman–Crippen LogP) is 2.60. The summed E-state index contributed by atoms with van der Waals surface area (Å²) in [4.78, 5) is 22.1. The summed E-state index contributed by atoms with van der Waals surface area (Å²) in [5.74, 6) is 1.54. The van der Waals surface area contributed by atoms with Gasteiger partial charge in [0.15, 0.2) is 5.65 Å². The second-order valence-corrected chi connectivity index (χ2v) is 7.88. The number of primary amides is 1. The quantitative estimate of drug-likeness (QED) is 0.482. The van der Waals surface area contributed by atoms with E-state index in [4.69, 9.17) is 21.3 Å². The molecular weight excluding hydrogens is 406 g/mol. The SMILES string of the molecule is CC(C(N)=O)N1CC(n2nc(-c3ccc(Oc4ccccc4)cc3)c3c(N)ncnc32)C1. The van der Waals surface area contributed by atoms with Gasteiger partial charge in [-0.05, 0) is 43.3 Å². The number of carbonyl (C=O) groups is 1. The van der Waals surface area contributed by atoms with E-state index in [9.17, 15) is 4.79 Å². The maximum absolute atomic E-state index is 11.5. The van der Waals surface area contributed by atoms with Crippen LogP contribution in [0.1, 0.15) is 13.0 Å². The third-order valence-electron chi connectivity index (χ3n) is 5.82. The molecule has 3 heterocycles. The number of likely N-dealkylation sites (tertiary alicyclic amines) is 1. The number of rotatable bonds is 6. The molecule has 1 amide bonds. The van der Waals surface area contributed by atoms with Crippen LogP contribution in [-0.2, 0) is 4.79 Å². The summed E-state index contributed by atoms with van der Waals surface area (Å²) in [6.45, 7) is 3.13. The van der Waals surface area contributed by atoms with Crippen molar-refractivity contribution in [3.63, 3.8) is 0 Å². The minimum Gasteiger partial charge on any atom is -0.457 e. The van der Waals surface area contributed by atoms with Gasteiger partial charge in [0.2, 0.25) is 5.91 Å². The molecule has 0 bridgehead atoms. The van der Waals surface area contributed by atoms with Crippen molar-refractivity contribution in [1.82, 2.24) is 24.6 Å². The molecule has 4 aromatic rings. The van der Waals surface area contributed by atoms with Crippen LogP contribution in [0.5, 0.6) is 11.5 Å². The van der Waals surface area contributed by atoms with E-state index in [0.29, 0.717) is 35.6 Å². The van der Waals surface area contributed by atoms with E-state index in [1.807, 2.05) is 71.1 Å². The number of ether oxygens (including phenoxy) is 1. The maximum Gasteiger partial charge on any atom is 0.234 e. The van der Waals surface area contributed by atoms with Crippen molar-refractivity contribution in [2.75, 3.05) is 18.8 Å². The lowest BCUT2D eigenvalue weighted by Gasteiger charge is -2.41. The monoisotopic (exact) mass is 429 g/mol. The van der Waals surface area contributed by atoms with Crippen molar-refractivity contribution in [2.24, 2.45) is 5.73 Å². The molecule has 0 spiro atoms. The second-order valence-electron chi connectivity index (χ2n) is 7.88. The molecule has 32 heavy (non-hydrogen) atoms. The Balaban J connectivity index is 1.45. The summed E-state index contributed by atoms with van der Waals surface area (Å²) in [6.07, 6.45) is 1.44. The van der Waals surface area contributed by atoms with Crippen LogP contribution in [0.4, 0.5) is 5.82 Å². The highest BCUT2D eigenvalue weighted by Crippen LogP contribution is 2.35. The first-order chi connectivity index (χ1) is 15.5. The highest BCUT2D eigenvalue weighted by Gasteiger charge is 2.36. The zero-order chi connectivity index (χ0) is 22.2. The Hall–Kier alpha value is -3.98. The number of nitrogens with zero attached hydrogens (tertiary/aromatic N) is 5. The molecule has 162 valence electrons. The van der Waals surface area contributed by atoms with Crippen LogP contribution < -0.4 is 16.2 Å². The summed E-state index contributed by atoms with van der Waals surface area (Å²) in [6, 6.07) is 17.0. The Morgan fingerprint density at radius 2 is 1.75 bits per heavy atom. The number of hydrogen-bond acceptors (Lipinski definition) is 7. The topological polar surface area (TPSA) is 125 Å². The van der Waals surface area contributed by atoms with Crippen LogP contribution in [0.2, 0.25) is 0 Å². The van der Waals surface area contributed by atoms with E-state index < -0.39 is 0 Å². The summed E-state index contributed by atoms with van der Waals surface area (Å²) >= 11 is 0. The number of fused-ring (bicyclic) bond motifs is 1. The van der Waals surface area contributed by atoms with Crippen LogP contribution in [-0.4, -0.2) is 49.7 Å². The number of carbonyl (C=O) groups excluding carboxylic acids is 1. The third kappa shape index (κ3) is 3.52. The lowest BCUT2D eigenvalue weighted by Crippen LogP contribution is -2.55. The molecule has 1 aliphatic heterocycles. The molecule has 9 nitrogen and oxygen atoms in total. The third-order valence-corrected chi connectivity index (χ3v) is 5.82. The Bertz CT molecular complexity index is 1270. The molecule has 1 saturated heterocycles. The van der Waals surface area contributed by atoms with Gasteiger partial charge in [0, 0.05) is 18.7 Å². The van der Waals surface area contributed by atoms with Crippen LogP contribution in [0.15, 0.2) is 60.9 Å². The fraction of sp³-hybridized carbons (Fsp3) is 0.217. The van der Waals surface area contributed by atoms with Crippen LogP contribution in [0.25, 0.3) is 22.3 Å². The maximum atomic E-state index is 11.5. The molecule has 0 aliphatic carbocycles. The predicted molar refractivity (Wildman–Crippen MR) is 121 cm³/mol. The van der Waals surface area contributed by atoms with Crippen molar-refractivity contribution in [1.29, 1.82) is 0 Å². The second kappa shape index (κ2) is 7.93. The number of nitrogen functional groups attached to an aromatic ring is 1. The normalized spacial score (nSPS) is 15.4. The lowest BCUT2D eigenvalue weighted by molar-refractivity contribution is -0.125. The Morgan fingerprint density at radius 1 is 1.06 bits per heavy atom. The standard InChI is InChI=1S/C23H23N7O2/c1-14(22(25)31)29-11-16(12-29)30-23-19(21(24)26-13-27-23)20(28-30)15-7-9-18(10-8-15)32-17-5-3-2-4-6-17/h2-10,13-14,16H,11-12H2,1H3,(H2,25,31)(H2,24,26,27). The lowest BCUT2D eigenvalue weighted by atomic mass is 10.1. The largest absolute Gasteiger partial charge is 0.457 e. The van der Waals surface area contributed by atoms with Crippen molar-refractivity contribution in [3.05, 3.63) is 60.9 Å². The van der Waals surface area contributed by atoms with Crippen molar-refractivity contribution < 1.29 is 9.53 Å². The van der Waals surface area contributed by atoms with E-state index >= 15 is 0 Å². The molecule has 0 saturated carbocycles. The first-order valence-electron chi connectivity index (χ1n) is 10.4. The van der Waals surface area contributed by atoms with Gasteiger partial charge < -0.3 is 16.2 Å². The van der Waals surface area contributed by atoms with Gasteiger partial charge in [0.25, 0.3) is 0 Å². The molecule has 0 radical (unpaired) electrons. The molecule has 1 unspecified atom stereocenters. The molecule has 1 aliphatic rings. The number of para-hydroxylation sites is 1. The molecule has 9 heteroatoms. The van der Waals surface area contributed by atoms with Gasteiger partial charge in [-0.2, -0.15) is 5.10 Å². The number of nitrogens with two attached hydrogens (primary N) is 2. The van der Waals surface area contributed by atoms with Crippen LogP contribution in [0, 0.1) is 0 Å². The minimum atomic E-state index is -0.334. The van der Waals surface area contributed by atoms with Crippen LogP contribution in [0.3, 0.4) is 0 Å². The summed E-state index contributed by atoms with van der Waals surface area (Å²) in [5.41, 5.74) is 13.9. The fourth-order valence-corrected chi connectivity index (χ4v) is 3.90. The summed E-state index contributed by atoms with van der Waals surface area (Å²) in [5, 5.41) is 5.56. The molecule has 2 aromatic heterocycles. The van der Waals surface area contributed by atoms with Gasteiger partial charge in [-0.1, -0.05) is 18.2 Å².